The van der Waals surface area contributed by atoms with Gasteiger partial charge in [-0.05, 0) is 38.2 Å². The summed E-state index contributed by atoms with van der Waals surface area (Å²) in [6.45, 7) is 3.64. The van der Waals surface area contributed by atoms with Crippen molar-refractivity contribution in [2.75, 3.05) is 13.2 Å². The van der Waals surface area contributed by atoms with Gasteiger partial charge in [-0.25, -0.2) is 0 Å². The van der Waals surface area contributed by atoms with Crippen molar-refractivity contribution in [1.82, 2.24) is 10.2 Å². The summed E-state index contributed by atoms with van der Waals surface area (Å²) in [5.41, 5.74) is 1.29. The minimum Gasteiger partial charge on any atom is -0.376 e. The number of carbonyl (C=O) groups excluding carboxylic acids is 1. The van der Waals surface area contributed by atoms with Crippen LogP contribution in [-0.2, 0) is 16.0 Å². The second-order valence-electron chi connectivity index (χ2n) is 6.05. The summed E-state index contributed by atoms with van der Waals surface area (Å²) < 4.78 is 5.65. The van der Waals surface area contributed by atoms with Gasteiger partial charge < -0.3 is 9.64 Å². The molecule has 2 saturated heterocycles. The molecule has 0 spiro atoms. The molecule has 4 nitrogen and oxygen atoms in total. The van der Waals surface area contributed by atoms with E-state index in [0.717, 1.165) is 38.8 Å². The van der Waals surface area contributed by atoms with Crippen LogP contribution in [0.1, 0.15) is 31.7 Å². The Morgan fingerprint density at radius 3 is 2.86 bits per heavy atom. The van der Waals surface area contributed by atoms with Gasteiger partial charge in [-0.3, -0.25) is 10.1 Å². The predicted octanol–water partition coefficient (Wildman–Crippen LogP) is 1.94. The van der Waals surface area contributed by atoms with Crippen LogP contribution in [-0.4, -0.2) is 42.3 Å². The number of amides is 1. The van der Waals surface area contributed by atoms with Crippen molar-refractivity contribution in [2.24, 2.45) is 0 Å². The number of nitrogens with zero attached hydrogens (tertiary/aromatic N) is 1. The number of hydrogen-bond donors (Lipinski definition) is 1. The highest BCUT2D eigenvalue weighted by atomic mass is 16.5. The molecule has 2 aliphatic rings. The Morgan fingerprint density at radius 2 is 2.14 bits per heavy atom. The quantitative estimate of drug-likeness (QED) is 0.900. The lowest BCUT2D eigenvalue weighted by Crippen LogP contribution is -2.40. The second-order valence-corrected chi connectivity index (χ2v) is 6.05. The molecule has 114 valence electrons. The van der Waals surface area contributed by atoms with Gasteiger partial charge in [0.2, 0.25) is 5.91 Å². The molecular weight excluding hydrogens is 264 g/mol. The molecule has 1 amide bonds. The van der Waals surface area contributed by atoms with Crippen molar-refractivity contribution in [2.45, 2.75) is 50.9 Å². The maximum atomic E-state index is 12.5. The van der Waals surface area contributed by atoms with Gasteiger partial charge in [-0.1, -0.05) is 30.3 Å². The molecular formula is C17H24N2O2. The largest absolute Gasteiger partial charge is 0.376 e. The molecule has 2 aliphatic heterocycles. The molecule has 2 fully saturated rings. The van der Waals surface area contributed by atoms with E-state index in [2.05, 4.69) is 24.4 Å². The van der Waals surface area contributed by atoms with Crippen molar-refractivity contribution in [3.63, 3.8) is 0 Å². The number of aryl methyl sites for hydroxylation is 1. The second kappa shape index (κ2) is 6.58. The summed E-state index contributed by atoms with van der Waals surface area (Å²) in [4.78, 5) is 14.5. The number of hydrogen-bond acceptors (Lipinski definition) is 3. The molecule has 21 heavy (non-hydrogen) atoms. The molecule has 1 aromatic carbocycles. The Balaban J connectivity index is 1.54. The van der Waals surface area contributed by atoms with Crippen LogP contribution in [0.3, 0.4) is 0 Å². The summed E-state index contributed by atoms with van der Waals surface area (Å²) in [6.07, 6.45) is 4.32. The third kappa shape index (κ3) is 3.44. The monoisotopic (exact) mass is 288 g/mol. The Bertz CT molecular complexity index is 471. The molecule has 1 N–H and O–H groups in total. The zero-order valence-corrected chi connectivity index (χ0v) is 12.6. The molecule has 0 radical (unpaired) electrons. The number of ether oxygens (including phenoxy) is 1. The zero-order valence-electron chi connectivity index (χ0n) is 12.6. The van der Waals surface area contributed by atoms with Crippen LogP contribution >= 0.6 is 0 Å². The van der Waals surface area contributed by atoms with Crippen LogP contribution in [0.5, 0.6) is 0 Å². The van der Waals surface area contributed by atoms with Crippen LogP contribution in [0.25, 0.3) is 0 Å². The van der Waals surface area contributed by atoms with E-state index in [1.165, 1.54) is 5.56 Å². The van der Waals surface area contributed by atoms with Gasteiger partial charge in [-0.15, -0.1) is 0 Å². The Morgan fingerprint density at radius 1 is 1.33 bits per heavy atom. The smallest absolute Gasteiger partial charge is 0.241 e. The molecule has 4 heteroatoms. The minimum atomic E-state index is -0.0541. The van der Waals surface area contributed by atoms with Crippen LogP contribution in [0.2, 0.25) is 0 Å². The Kier molecular flexibility index (Phi) is 4.56. The highest BCUT2D eigenvalue weighted by Crippen LogP contribution is 2.20. The van der Waals surface area contributed by atoms with Crippen LogP contribution in [0, 0.1) is 0 Å². The SMILES string of the molecule is CC1NC(CCc2ccccc2)C(=O)N1CC1CCCO1. The van der Waals surface area contributed by atoms with Crippen LogP contribution < -0.4 is 5.32 Å². The van der Waals surface area contributed by atoms with Crippen molar-refractivity contribution >= 4 is 5.91 Å². The van der Waals surface area contributed by atoms with Gasteiger partial charge in [0, 0.05) is 13.2 Å². The summed E-state index contributed by atoms with van der Waals surface area (Å²) in [5.74, 6) is 0.230. The van der Waals surface area contributed by atoms with Crippen molar-refractivity contribution < 1.29 is 9.53 Å². The number of carbonyl (C=O) groups is 1. The first-order chi connectivity index (χ1) is 10.2. The maximum absolute atomic E-state index is 12.5. The number of nitrogens with one attached hydrogen (secondary N) is 1. The molecule has 2 heterocycles. The van der Waals surface area contributed by atoms with Crippen molar-refractivity contribution in [3.8, 4) is 0 Å². The number of benzene rings is 1. The summed E-state index contributed by atoms with van der Waals surface area (Å²) in [6, 6.07) is 10.3. The van der Waals surface area contributed by atoms with Gasteiger partial charge in [0.05, 0.1) is 18.3 Å². The molecule has 0 aliphatic carbocycles. The lowest BCUT2D eigenvalue weighted by Gasteiger charge is -2.23. The number of rotatable bonds is 5. The molecule has 0 saturated carbocycles. The molecule has 0 aromatic heterocycles. The molecule has 3 unspecified atom stereocenters. The van der Waals surface area contributed by atoms with E-state index in [9.17, 15) is 4.79 Å². The lowest BCUT2D eigenvalue weighted by atomic mass is 10.1. The van der Waals surface area contributed by atoms with E-state index >= 15 is 0 Å². The van der Waals surface area contributed by atoms with Gasteiger partial charge in [0.1, 0.15) is 0 Å². The van der Waals surface area contributed by atoms with E-state index in [0.29, 0.717) is 0 Å². The van der Waals surface area contributed by atoms with E-state index < -0.39 is 0 Å². The van der Waals surface area contributed by atoms with Crippen molar-refractivity contribution in [1.29, 1.82) is 0 Å². The van der Waals surface area contributed by atoms with E-state index in [-0.39, 0.29) is 24.2 Å². The van der Waals surface area contributed by atoms with Crippen molar-refractivity contribution in [3.05, 3.63) is 35.9 Å². The first-order valence-electron chi connectivity index (χ1n) is 7.96. The maximum Gasteiger partial charge on any atom is 0.241 e. The summed E-state index contributed by atoms with van der Waals surface area (Å²) in [7, 11) is 0. The fourth-order valence-electron chi connectivity index (χ4n) is 3.26. The predicted molar refractivity (Wildman–Crippen MR) is 81.8 cm³/mol. The third-order valence-corrected chi connectivity index (χ3v) is 4.48. The first kappa shape index (κ1) is 14.5. The topological polar surface area (TPSA) is 41.6 Å². The standard InChI is InChI=1S/C17H24N2O2/c1-13-18-16(10-9-14-6-3-2-4-7-14)17(20)19(13)12-15-8-5-11-21-15/h2-4,6-7,13,15-16,18H,5,8-12H2,1H3. The fourth-order valence-corrected chi connectivity index (χ4v) is 3.26. The highest BCUT2D eigenvalue weighted by molar-refractivity contribution is 5.84. The molecule has 3 rings (SSSR count). The van der Waals surface area contributed by atoms with E-state index in [4.69, 9.17) is 4.74 Å². The lowest BCUT2D eigenvalue weighted by molar-refractivity contribution is -0.131. The first-order valence-corrected chi connectivity index (χ1v) is 7.96. The summed E-state index contributed by atoms with van der Waals surface area (Å²) in [5, 5.41) is 3.42. The van der Waals surface area contributed by atoms with Gasteiger partial charge in [0.15, 0.2) is 0 Å². The van der Waals surface area contributed by atoms with Gasteiger partial charge >= 0.3 is 0 Å². The normalized spacial score (nSPS) is 29.3. The van der Waals surface area contributed by atoms with Crippen LogP contribution in [0.15, 0.2) is 30.3 Å². The Labute approximate surface area is 126 Å². The fraction of sp³-hybridized carbons (Fsp3) is 0.588. The zero-order chi connectivity index (χ0) is 14.7. The summed E-state index contributed by atoms with van der Waals surface area (Å²) >= 11 is 0. The molecule has 3 atom stereocenters. The van der Waals surface area contributed by atoms with Gasteiger partial charge in [-0.2, -0.15) is 0 Å². The average Bonchev–Trinajstić information content (AvgIpc) is 3.10. The average molecular weight is 288 g/mol. The van der Waals surface area contributed by atoms with E-state index in [1.54, 1.807) is 0 Å². The molecule has 0 bridgehead atoms. The van der Waals surface area contributed by atoms with E-state index in [1.807, 2.05) is 23.1 Å². The third-order valence-electron chi connectivity index (χ3n) is 4.48. The molecule has 1 aromatic rings. The highest BCUT2D eigenvalue weighted by Gasteiger charge is 2.37. The Hall–Kier alpha value is -1.39. The van der Waals surface area contributed by atoms with Gasteiger partial charge in [0.25, 0.3) is 0 Å². The minimum absolute atomic E-state index is 0.0541. The van der Waals surface area contributed by atoms with Crippen LogP contribution in [0.4, 0.5) is 0 Å².